The van der Waals surface area contributed by atoms with Crippen molar-refractivity contribution in [3.05, 3.63) is 183 Å². The van der Waals surface area contributed by atoms with E-state index in [0.29, 0.717) is 11.8 Å². The molecule has 7 aliphatic heterocycles. The number of aromatic nitrogens is 6. The zero-order valence-electron chi connectivity index (χ0n) is 34.9. The van der Waals surface area contributed by atoms with Gasteiger partial charge in [0.2, 0.25) is 11.4 Å². The minimum absolute atomic E-state index is 0.185. The van der Waals surface area contributed by atoms with Gasteiger partial charge in [-0.15, -0.1) is 0 Å². The van der Waals surface area contributed by atoms with Crippen LogP contribution in [0.5, 0.6) is 11.8 Å². The Hall–Kier alpha value is -8.29. The monoisotopic (exact) mass is 872 g/mol. The van der Waals surface area contributed by atoms with Gasteiger partial charge in [0, 0.05) is 43.9 Å². The van der Waals surface area contributed by atoms with Crippen molar-refractivity contribution in [1.82, 2.24) is 23.8 Å². The summed E-state index contributed by atoms with van der Waals surface area (Å²) in [6.45, 7) is 0. The zero-order valence-corrected chi connectivity index (χ0v) is 36.9. The highest BCUT2D eigenvalue weighted by molar-refractivity contribution is 7.24. The topological polar surface area (TPSA) is 52.6 Å². The van der Waals surface area contributed by atoms with Gasteiger partial charge in [-0.1, -0.05) is 121 Å². The number of hydrogen-bond acceptors (Lipinski definition) is 3. The Morgan fingerprint density at radius 2 is 0.773 bits per heavy atom. The maximum atomic E-state index is 7.34. The van der Waals surface area contributed by atoms with E-state index in [2.05, 4.69) is 201 Å². The molecule has 0 bridgehead atoms. The number of pyridine rings is 4. The van der Waals surface area contributed by atoms with Crippen LogP contribution in [-0.2, 0) is 0 Å². The molecule has 12 aromatic rings. The minimum Gasteiger partial charge on any atom is -0.409 e. The molecule has 0 fully saturated rings. The molecule has 3 spiro atoms. The van der Waals surface area contributed by atoms with Crippen LogP contribution in [0.15, 0.2) is 183 Å². The standard InChI is InChI=1S/C56H30N7OSi2/c1-5-21-39-31(13-1)32-14-2-6-22-40(32)65(39)43-25-9-17-35-37-19-11-27-59-55(37)61(47(35)43)49-45(65)29-57-53-51(49)63(59)52-50-46(30-58-54(52)64-53)66(41-23-7-3-15-33(41)34-16-4-8-24-42(34)66)44-26-10-18-36-38-20-12-28-60(63)56(38)62(50)48(36)44/h1-30H/q+3. The summed E-state index contributed by atoms with van der Waals surface area (Å²) < 4.78 is 17.8. The number of rotatable bonds is 0. The number of quaternary nitrogens is 1. The number of benzene rings is 6. The van der Waals surface area contributed by atoms with Crippen LogP contribution in [0, 0.1) is 0 Å². The second kappa shape index (κ2) is 9.99. The lowest BCUT2D eigenvalue weighted by Crippen LogP contribution is -2.88. The normalized spacial score (nSPS) is 16.7. The van der Waals surface area contributed by atoms with Gasteiger partial charge in [0.05, 0.1) is 15.5 Å². The summed E-state index contributed by atoms with van der Waals surface area (Å²) in [6.07, 6.45) is 8.98. The molecule has 0 atom stereocenters. The van der Waals surface area contributed by atoms with Gasteiger partial charge in [0.15, 0.2) is 28.5 Å². The molecule has 0 radical (unpaired) electrons. The molecule has 13 heterocycles. The third-order valence-corrected chi connectivity index (χ3v) is 26.6. The Bertz CT molecular complexity index is 4110. The highest BCUT2D eigenvalue weighted by Gasteiger charge is 2.72. The number of hydrogen-bond donors (Lipinski definition) is 0. The number of ether oxygens (including phenoxy) is 1. The quantitative estimate of drug-likeness (QED) is 0.124. The van der Waals surface area contributed by atoms with Gasteiger partial charge in [-0.3, -0.25) is 0 Å². The Labute approximate surface area is 376 Å². The van der Waals surface area contributed by atoms with Gasteiger partial charge in [-0.2, -0.15) is 9.13 Å². The fraction of sp³-hybridized carbons (Fsp3) is 0. The largest absolute Gasteiger partial charge is 0.409 e. The van der Waals surface area contributed by atoms with Crippen LogP contribution in [0.3, 0.4) is 0 Å². The second-order valence-electron chi connectivity index (χ2n) is 19.0. The predicted octanol–water partition coefficient (Wildman–Crippen LogP) is 4.89. The molecule has 6 aromatic heterocycles. The highest BCUT2D eigenvalue weighted by Crippen LogP contribution is 2.58. The van der Waals surface area contributed by atoms with Crippen LogP contribution in [0.2, 0.25) is 0 Å². The van der Waals surface area contributed by atoms with Crippen LogP contribution in [0.1, 0.15) is 0 Å². The average molecular weight is 873 g/mol. The summed E-state index contributed by atoms with van der Waals surface area (Å²) in [5.41, 5.74) is 14.6. The first-order valence-electron chi connectivity index (χ1n) is 22.8. The van der Waals surface area contributed by atoms with Crippen molar-refractivity contribution in [2.75, 3.05) is 0 Å². The van der Waals surface area contributed by atoms with E-state index in [0.717, 1.165) is 22.7 Å². The van der Waals surface area contributed by atoms with Crippen LogP contribution in [0.25, 0.3) is 77.5 Å². The maximum absolute atomic E-state index is 7.34. The Morgan fingerprint density at radius 3 is 1.20 bits per heavy atom. The number of nitrogens with zero attached hydrogens (tertiary/aromatic N) is 7. The molecule has 0 amide bonds. The van der Waals surface area contributed by atoms with Crippen molar-refractivity contribution in [3.63, 3.8) is 0 Å². The van der Waals surface area contributed by atoms with E-state index in [9.17, 15) is 0 Å². The molecule has 0 N–H and O–H groups in total. The van der Waals surface area contributed by atoms with Crippen molar-refractivity contribution < 1.29 is 14.1 Å². The van der Waals surface area contributed by atoms with E-state index in [4.69, 9.17) is 14.7 Å². The molecule has 0 saturated carbocycles. The third-order valence-electron chi connectivity index (χ3n) is 16.8. The second-order valence-corrected chi connectivity index (χ2v) is 26.3. The third kappa shape index (κ3) is 2.85. The predicted molar refractivity (Wildman–Crippen MR) is 262 cm³/mol. The van der Waals surface area contributed by atoms with Crippen molar-refractivity contribution in [1.29, 1.82) is 0 Å². The van der Waals surface area contributed by atoms with E-state index in [1.807, 2.05) is 0 Å². The van der Waals surface area contributed by atoms with Crippen molar-refractivity contribution >= 4 is 113 Å². The minimum atomic E-state index is -3.02. The summed E-state index contributed by atoms with van der Waals surface area (Å²) >= 11 is 0. The number of fused-ring (bicyclic) bond motifs is 16. The molecule has 300 valence electrons. The van der Waals surface area contributed by atoms with Crippen molar-refractivity contribution in [3.8, 4) is 45.4 Å². The van der Waals surface area contributed by atoms with Gasteiger partial charge in [0.25, 0.3) is 11.8 Å². The lowest BCUT2D eigenvalue weighted by Gasteiger charge is -2.42. The van der Waals surface area contributed by atoms with Gasteiger partial charge < -0.3 is 4.74 Å². The van der Waals surface area contributed by atoms with E-state index in [1.165, 1.54) is 108 Å². The molecular weight excluding hydrogens is 843 g/mol. The van der Waals surface area contributed by atoms with Gasteiger partial charge in [-0.05, 0) is 88.8 Å². The Kier molecular flexibility index (Phi) is 4.90. The molecule has 7 aliphatic rings. The molecular formula is C56H30N7OSi2+3. The zero-order chi connectivity index (χ0) is 42.2. The van der Waals surface area contributed by atoms with Crippen LogP contribution in [0.4, 0.5) is 11.4 Å². The van der Waals surface area contributed by atoms with E-state index in [1.54, 1.807) is 0 Å². The van der Waals surface area contributed by atoms with Crippen LogP contribution < -0.4 is 60.3 Å². The summed E-state index contributed by atoms with van der Waals surface area (Å²) in [7, 11) is -6.04. The molecule has 66 heavy (non-hydrogen) atoms. The first kappa shape index (κ1) is 32.4. The first-order chi connectivity index (χ1) is 32.8. The first-order valence-corrected chi connectivity index (χ1v) is 26.8. The van der Waals surface area contributed by atoms with E-state index < -0.39 is 16.1 Å². The molecule has 0 aliphatic carbocycles. The van der Waals surface area contributed by atoms with E-state index >= 15 is 0 Å². The Balaban J connectivity index is 1.09. The summed E-state index contributed by atoms with van der Waals surface area (Å²) in [6, 6.07) is 60.1. The average Bonchev–Trinajstić information content (AvgIpc) is 4.09. The maximum Gasteiger partial charge on any atom is 0.350 e. The fourth-order valence-electron chi connectivity index (χ4n) is 14.9. The molecule has 0 unspecified atom stereocenters. The lowest BCUT2D eigenvalue weighted by molar-refractivity contribution is -1.02. The summed E-state index contributed by atoms with van der Waals surface area (Å²) in [5, 5.41) is 16.0. The molecule has 19 rings (SSSR count). The van der Waals surface area contributed by atoms with Crippen molar-refractivity contribution in [2.24, 2.45) is 0 Å². The lowest BCUT2D eigenvalue weighted by atomic mass is 10.1. The summed E-state index contributed by atoms with van der Waals surface area (Å²) in [4.78, 5) is 11.1. The van der Waals surface area contributed by atoms with Crippen LogP contribution >= 0.6 is 0 Å². The van der Waals surface area contributed by atoms with Gasteiger partial charge >= 0.3 is 22.7 Å². The highest BCUT2D eigenvalue weighted by atomic mass is 28.3. The SMILES string of the molecule is c1ccc2c(c1)-c1ccccc1[Si]21c2cnc3c4c2-n2c5c1cccc5c1ccc[n+](c12)[N+]41c2c(ncc4c2-n2c5c(cccc5c5ccc[n+]1c52)[Si]41c2ccccc2-c2ccccc21)O3. The van der Waals surface area contributed by atoms with Gasteiger partial charge in [-0.25, -0.2) is 9.97 Å². The Morgan fingerprint density at radius 1 is 0.394 bits per heavy atom. The van der Waals surface area contributed by atoms with E-state index in [-0.39, 0.29) is 4.70 Å². The molecule has 8 nitrogen and oxygen atoms in total. The molecule has 0 saturated heterocycles. The molecule has 10 heteroatoms. The smallest absolute Gasteiger partial charge is 0.350 e. The van der Waals surface area contributed by atoms with Crippen LogP contribution in [-0.4, -0.2) is 35.2 Å². The van der Waals surface area contributed by atoms with Crippen molar-refractivity contribution in [2.45, 2.75) is 0 Å². The molecule has 6 aromatic carbocycles. The van der Waals surface area contributed by atoms with Gasteiger partial charge in [0.1, 0.15) is 11.0 Å². The fourth-order valence-corrected chi connectivity index (χ4v) is 25.8. The number of para-hydroxylation sites is 2. The summed E-state index contributed by atoms with van der Waals surface area (Å²) in [5.74, 6) is 1.17.